The van der Waals surface area contributed by atoms with Crippen molar-refractivity contribution in [2.45, 2.75) is 19.4 Å². The van der Waals surface area contributed by atoms with Gasteiger partial charge in [-0.05, 0) is 58.7 Å². The van der Waals surface area contributed by atoms with Crippen molar-refractivity contribution in [1.29, 1.82) is 0 Å². The molecule has 112 valence electrons. The average Bonchev–Trinajstić information content (AvgIpc) is 2.46. The largest absolute Gasteiger partial charge is 0.310 e. The van der Waals surface area contributed by atoms with Crippen molar-refractivity contribution in [2.24, 2.45) is 0 Å². The van der Waals surface area contributed by atoms with Gasteiger partial charge in [-0.2, -0.15) is 0 Å². The molecule has 0 amide bonds. The molecule has 0 aliphatic carbocycles. The van der Waals surface area contributed by atoms with Crippen LogP contribution in [0.5, 0.6) is 0 Å². The second-order valence-electron chi connectivity index (χ2n) is 4.70. The lowest BCUT2D eigenvalue weighted by molar-refractivity contribution is 0.471. The maximum atomic E-state index is 14.3. The normalized spacial score (nSPS) is 12.4. The SMILES string of the molecule is CCNC(Cc1ccc(Br)cc1)c1c(F)ccc(Br)c1F. The minimum absolute atomic E-state index is 0.0779. The Kier molecular flexibility index (Phi) is 5.90. The molecule has 2 aromatic rings. The van der Waals surface area contributed by atoms with Crippen LogP contribution in [0.4, 0.5) is 8.78 Å². The van der Waals surface area contributed by atoms with Gasteiger partial charge in [-0.15, -0.1) is 0 Å². The number of nitrogens with one attached hydrogen (secondary N) is 1. The Balaban J connectivity index is 2.35. The summed E-state index contributed by atoms with van der Waals surface area (Å²) in [5.41, 5.74) is 1.09. The van der Waals surface area contributed by atoms with Crippen LogP contribution in [0.2, 0.25) is 0 Å². The van der Waals surface area contributed by atoms with E-state index in [0.29, 0.717) is 13.0 Å². The first-order valence-electron chi connectivity index (χ1n) is 6.64. The summed E-state index contributed by atoms with van der Waals surface area (Å²) in [6, 6.07) is 10.0. The Labute approximate surface area is 140 Å². The Morgan fingerprint density at radius 3 is 2.33 bits per heavy atom. The molecule has 0 heterocycles. The molecule has 0 aliphatic heterocycles. The van der Waals surface area contributed by atoms with Crippen molar-refractivity contribution in [2.75, 3.05) is 6.54 Å². The summed E-state index contributed by atoms with van der Waals surface area (Å²) >= 11 is 6.50. The molecular weight excluding hydrogens is 404 g/mol. The second-order valence-corrected chi connectivity index (χ2v) is 6.47. The topological polar surface area (TPSA) is 12.0 Å². The van der Waals surface area contributed by atoms with E-state index in [9.17, 15) is 8.78 Å². The van der Waals surface area contributed by atoms with E-state index in [0.717, 1.165) is 10.0 Å². The maximum Gasteiger partial charge on any atom is 0.145 e. The van der Waals surface area contributed by atoms with Crippen LogP contribution in [0.15, 0.2) is 45.3 Å². The molecule has 1 N–H and O–H groups in total. The average molecular weight is 419 g/mol. The van der Waals surface area contributed by atoms with Gasteiger partial charge in [-0.25, -0.2) is 8.78 Å². The number of halogens is 4. The summed E-state index contributed by atoms with van der Waals surface area (Å²) in [5, 5.41) is 3.16. The van der Waals surface area contributed by atoms with E-state index >= 15 is 0 Å². The van der Waals surface area contributed by atoms with Gasteiger partial charge in [0.25, 0.3) is 0 Å². The van der Waals surface area contributed by atoms with Gasteiger partial charge in [0.15, 0.2) is 0 Å². The van der Waals surface area contributed by atoms with Crippen LogP contribution in [0, 0.1) is 11.6 Å². The van der Waals surface area contributed by atoms with Crippen molar-refractivity contribution in [1.82, 2.24) is 5.32 Å². The zero-order valence-corrected chi connectivity index (χ0v) is 14.6. The van der Waals surface area contributed by atoms with Crippen LogP contribution >= 0.6 is 31.9 Å². The van der Waals surface area contributed by atoms with Gasteiger partial charge in [0.1, 0.15) is 11.6 Å². The van der Waals surface area contributed by atoms with Crippen LogP contribution in [0.3, 0.4) is 0 Å². The van der Waals surface area contributed by atoms with Gasteiger partial charge >= 0.3 is 0 Å². The van der Waals surface area contributed by atoms with E-state index in [1.807, 2.05) is 31.2 Å². The van der Waals surface area contributed by atoms with Gasteiger partial charge in [-0.3, -0.25) is 0 Å². The third kappa shape index (κ3) is 4.11. The lowest BCUT2D eigenvalue weighted by Gasteiger charge is -2.20. The lowest BCUT2D eigenvalue weighted by Crippen LogP contribution is -2.25. The van der Waals surface area contributed by atoms with Crippen molar-refractivity contribution in [3.05, 3.63) is 68.1 Å². The monoisotopic (exact) mass is 417 g/mol. The van der Waals surface area contributed by atoms with E-state index in [4.69, 9.17) is 0 Å². The molecule has 2 aromatic carbocycles. The maximum absolute atomic E-state index is 14.3. The molecule has 0 saturated heterocycles. The molecule has 0 radical (unpaired) electrons. The summed E-state index contributed by atoms with van der Waals surface area (Å²) in [4.78, 5) is 0. The quantitative estimate of drug-likeness (QED) is 0.642. The fourth-order valence-electron chi connectivity index (χ4n) is 2.24. The van der Waals surface area contributed by atoms with E-state index < -0.39 is 17.7 Å². The van der Waals surface area contributed by atoms with Gasteiger partial charge in [0.2, 0.25) is 0 Å². The van der Waals surface area contributed by atoms with Crippen LogP contribution < -0.4 is 5.32 Å². The summed E-state index contributed by atoms with van der Waals surface area (Å²) in [6.07, 6.45) is 0.519. The molecule has 1 atom stereocenters. The van der Waals surface area contributed by atoms with Crippen molar-refractivity contribution in [3.8, 4) is 0 Å². The number of benzene rings is 2. The predicted molar refractivity (Wildman–Crippen MR) is 88.3 cm³/mol. The summed E-state index contributed by atoms with van der Waals surface area (Å²) in [6.45, 7) is 2.55. The summed E-state index contributed by atoms with van der Waals surface area (Å²) in [7, 11) is 0. The molecule has 0 aromatic heterocycles. The fourth-order valence-corrected chi connectivity index (χ4v) is 2.85. The molecule has 2 rings (SSSR count). The first-order chi connectivity index (χ1) is 10.0. The number of hydrogen-bond donors (Lipinski definition) is 1. The summed E-state index contributed by atoms with van der Waals surface area (Å²) < 4.78 is 29.6. The van der Waals surface area contributed by atoms with E-state index in [1.165, 1.54) is 12.1 Å². The van der Waals surface area contributed by atoms with Crippen LogP contribution in [-0.4, -0.2) is 6.54 Å². The zero-order valence-electron chi connectivity index (χ0n) is 11.5. The van der Waals surface area contributed by atoms with Crippen LogP contribution in [0.1, 0.15) is 24.1 Å². The molecule has 1 unspecified atom stereocenters. The highest BCUT2D eigenvalue weighted by molar-refractivity contribution is 9.10. The molecule has 0 bridgehead atoms. The van der Waals surface area contributed by atoms with Crippen LogP contribution in [-0.2, 0) is 6.42 Å². The lowest BCUT2D eigenvalue weighted by atomic mass is 9.98. The smallest absolute Gasteiger partial charge is 0.145 e. The third-order valence-electron chi connectivity index (χ3n) is 3.23. The molecule has 0 spiro atoms. The molecule has 0 fully saturated rings. The summed E-state index contributed by atoms with van der Waals surface area (Å²) in [5.74, 6) is -1.07. The number of hydrogen-bond acceptors (Lipinski definition) is 1. The molecule has 0 aliphatic rings. The molecule has 0 saturated carbocycles. The molecule has 1 nitrogen and oxygen atoms in total. The Hall–Kier alpha value is -0.780. The number of likely N-dealkylation sites (N-methyl/N-ethyl adjacent to an activating group) is 1. The van der Waals surface area contributed by atoms with E-state index in [1.54, 1.807) is 0 Å². The van der Waals surface area contributed by atoms with Gasteiger partial charge in [-0.1, -0.05) is 35.0 Å². The standard InChI is InChI=1S/C16H15Br2F2N/c1-2-21-14(9-10-3-5-11(17)6-4-10)15-13(19)8-7-12(18)16(15)20/h3-8,14,21H,2,9H2,1H3. The number of rotatable bonds is 5. The molecule has 21 heavy (non-hydrogen) atoms. The molecule has 5 heteroatoms. The van der Waals surface area contributed by atoms with Gasteiger partial charge in [0, 0.05) is 16.1 Å². The Bertz CT molecular complexity index is 614. The Morgan fingerprint density at radius 1 is 1.05 bits per heavy atom. The minimum Gasteiger partial charge on any atom is -0.310 e. The Morgan fingerprint density at radius 2 is 1.71 bits per heavy atom. The predicted octanol–water partition coefficient (Wildman–Crippen LogP) is 5.38. The highest BCUT2D eigenvalue weighted by atomic mass is 79.9. The third-order valence-corrected chi connectivity index (χ3v) is 4.37. The fraction of sp³-hybridized carbons (Fsp3) is 0.250. The van der Waals surface area contributed by atoms with E-state index in [-0.39, 0.29) is 10.0 Å². The van der Waals surface area contributed by atoms with Crippen LogP contribution in [0.25, 0.3) is 0 Å². The first kappa shape index (κ1) is 16.6. The van der Waals surface area contributed by atoms with Gasteiger partial charge in [0.05, 0.1) is 4.47 Å². The highest BCUT2D eigenvalue weighted by Crippen LogP contribution is 2.29. The second kappa shape index (κ2) is 7.47. The van der Waals surface area contributed by atoms with E-state index in [2.05, 4.69) is 37.2 Å². The zero-order chi connectivity index (χ0) is 15.4. The highest BCUT2D eigenvalue weighted by Gasteiger charge is 2.21. The van der Waals surface area contributed by atoms with Crippen molar-refractivity contribution >= 4 is 31.9 Å². The minimum atomic E-state index is -0.543. The first-order valence-corrected chi connectivity index (χ1v) is 8.22. The van der Waals surface area contributed by atoms with Gasteiger partial charge < -0.3 is 5.32 Å². The van der Waals surface area contributed by atoms with Crippen molar-refractivity contribution < 1.29 is 8.78 Å². The van der Waals surface area contributed by atoms with Crippen molar-refractivity contribution in [3.63, 3.8) is 0 Å². The molecular formula is C16H15Br2F2N.